The Morgan fingerprint density at radius 2 is 1.76 bits per heavy atom. The molecule has 2 aliphatic heterocycles. The maximum absolute atomic E-state index is 14.0. The molecule has 2 aromatic carbocycles. The average molecular weight is 660 g/mol. The maximum Gasteiger partial charge on any atom is 0.306 e. The van der Waals surface area contributed by atoms with Crippen LogP contribution >= 0.6 is 24.0 Å². The molecule has 2 N–H and O–H groups in total. The number of thioether (sulfide) groups is 1. The molecule has 3 fully saturated rings. The molecule has 2 heterocycles. The molecule has 2 aromatic rings. The molecule has 0 spiro atoms. The monoisotopic (exact) mass is 659 g/mol. The van der Waals surface area contributed by atoms with E-state index in [2.05, 4.69) is 10.2 Å². The number of hydrogen-bond donors (Lipinski definition) is 2. The van der Waals surface area contributed by atoms with Crippen LogP contribution in [0.15, 0.2) is 41.3 Å². The Bertz CT molecular complexity index is 1450. The van der Waals surface area contributed by atoms with E-state index in [1.807, 2.05) is 0 Å². The summed E-state index contributed by atoms with van der Waals surface area (Å²) in [5.74, 6) is -2.63. The Morgan fingerprint density at radius 3 is 2.44 bits per heavy atom. The number of amides is 2. The molecule has 9 nitrogen and oxygen atoms in total. The molecule has 2 saturated heterocycles. The number of carboxylic acid groups (broad SMARTS) is 1. The predicted molar refractivity (Wildman–Crippen MR) is 171 cm³/mol. The second kappa shape index (κ2) is 15.3. The average Bonchev–Trinajstić information content (AvgIpc) is 3.28. The third-order valence-corrected chi connectivity index (χ3v) is 9.52. The number of halogens is 2. The fourth-order valence-electron chi connectivity index (χ4n) is 5.63. The van der Waals surface area contributed by atoms with Crippen LogP contribution in [0.2, 0.25) is 0 Å². The van der Waals surface area contributed by atoms with E-state index in [1.54, 1.807) is 24.3 Å². The van der Waals surface area contributed by atoms with Crippen molar-refractivity contribution < 1.29 is 37.7 Å². The normalized spacial score (nSPS) is 21.7. The van der Waals surface area contributed by atoms with E-state index in [4.69, 9.17) is 21.7 Å². The number of hydrogen-bond acceptors (Lipinski definition) is 8. The zero-order valence-electron chi connectivity index (χ0n) is 24.6. The van der Waals surface area contributed by atoms with Crippen LogP contribution in [-0.4, -0.2) is 89.1 Å². The van der Waals surface area contributed by atoms with Crippen molar-refractivity contribution in [3.8, 4) is 16.9 Å². The minimum Gasteiger partial charge on any atom is -0.492 e. The summed E-state index contributed by atoms with van der Waals surface area (Å²) in [7, 11) is 0. The fourth-order valence-corrected chi connectivity index (χ4v) is 6.93. The lowest BCUT2D eigenvalue weighted by Gasteiger charge is -2.27. The Kier molecular flexibility index (Phi) is 11.2. The highest BCUT2D eigenvalue weighted by Gasteiger charge is 2.33. The molecule has 0 aromatic heterocycles. The van der Waals surface area contributed by atoms with E-state index >= 15 is 0 Å². The van der Waals surface area contributed by atoms with E-state index in [1.165, 1.54) is 17.0 Å². The second-order valence-electron chi connectivity index (χ2n) is 11.3. The van der Waals surface area contributed by atoms with Gasteiger partial charge in [0.25, 0.3) is 5.91 Å². The van der Waals surface area contributed by atoms with Gasteiger partial charge in [-0.05, 0) is 67.2 Å². The Labute approximate surface area is 269 Å². The van der Waals surface area contributed by atoms with Gasteiger partial charge in [0.15, 0.2) is 0 Å². The van der Waals surface area contributed by atoms with Crippen molar-refractivity contribution in [2.24, 2.45) is 5.92 Å². The number of morpholine rings is 1. The van der Waals surface area contributed by atoms with Gasteiger partial charge in [0, 0.05) is 50.3 Å². The van der Waals surface area contributed by atoms with Gasteiger partial charge < -0.3 is 19.9 Å². The van der Waals surface area contributed by atoms with Gasteiger partial charge in [0.1, 0.15) is 28.3 Å². The first-order valence-corrected chi connectivity index (χ1v) is 16.2. The number of nitrogens with one attached hydrogen (secondary N) is 1. The highest BCUT2D eigenvalue weighted by molar-refractivity contribution is 8.26. The van der Waals surface area contributed by atoms with Crippen LogP contribution in [0.5, 0.6) is 5.75 Å². The summed E-state index contributed by atoms with van der Waals surface area (Å²) >= 11 is 6.59. The van der Waals surface area contributed by atoms with E-state index in [0.717, 1.165) is 30.9 Å². The fraction of sp³-hybridized carbons (Fsp3) is 0.438. The van der Waals surface area contributed by atoms with E-state index in [-0.39, 0.29) is 36.7 Å². The third-order valence-electron chi connectivity index (χ3n) is 8.14. The molecule has 5 rings (SSSR count). The van der Waals surface area contributed by atoms with Crippen LogP contribution in [0.1, 0.15) is 37.7 Å². The minimum atomic E-state index is -0.802. The molecular formula is C32H35F2N3O6S2. The van der Waals surface area contributed by atoms with Gasteiger partial charge in [-0.25, -0.2) is 8.78 Å². The number of carbonyl (C=O) groups is 3. The number of ether oxygens (including phenoxy) is 2. The van der Waals surface area contributed by atoms with Gasteiger partial charge in [-0.15, -0.1) is 0 Å². The molecular weight excluding hydrogens is 624 g/mol. The smallest absolute Gasteiger partial charge is 0.306 e. The molecule has 1 saturated carbocycles. The number of benzene rings is 2. The number of aliphatic carboxylic acids is 1. The zero-order valence-corrected chi connectivity index (χ0v) is 26.3. The lowest BCUT2D eigenvalue weighted by Crippen LogP contribution is -2.40. The lowest BCUT2D eigenvalue weighted by molar-refractivity contribution is -0.142. The largest absolute Gasteiger partial charge is 0.492 e. The summed E-state index contributed by atoms with van der Waals surface area (Å²) < 4.78 is 39.8. The highest BCUT2D eigenvalue weighted by Crippen LogP contribution is 2.36. The van der Waals surface area contributed by atoms with Gasteiger partial charge in [-0.1, -0.05) is 30.0 Å². The molecule has 0 bridgehead atoms. The lowest BCUT2D eigenvalue weighted by atomic mass is 9.86. The minimum absolute atomic E-state index is 0.0507. The van der Waals surface area contributed by atoms with Crippen molar-refractivity contribution in [1.29, 1.82) is 0 Å². The van der Waals surface area contributed by atoms with Crippen molar-refractivity contribution in [2.75, 3.05) is 46.0 Å². The SMILES string of the molecule is O=C(CCN1C(=O)C(=Cc2cc(-c3cc(F)cc(F)c3)ccc2OCCN2CCOCC2)SC1=S)NC1CCC(C(=O)O)CC1. The Balaban J connectivity index is 1.27. The van der Waals surface area contributed by atoms with Crippen LogP contribution in [0, 0.1) is 17.6 Å². The van der Waals surface area contributed by atoms with Gasteiger partial charge in [0.05, 0.1) is 24.0 Å². The number of carboxylic acids is 1. The second-order valence-corrected chi connectivity index (χ2v) is 12.9. The van der Waals surface area contributed by atoms with Gasteiger partial charge >= 0.3 is 5.97 Å². The van der Waals surface area contributed by atoms with Crippen molar-refractivity contribution >= 4 is 52.2 Å². The first-order valence-electron chi connectivity index (χ1n) is 15.0. The summed E-state index contributed by atoms with van der Waals surface area (Å²) in [5.41, 5.74) is 1.44. The van der Waals surface area contributed by atoms with E-state index in [0.29, 0.717) is 83.7 Å². The van der Waals surface area contributed by atoms with Crippen molar-refractivity contribution in [2.45, 2.75) is 38.1 Å². The molecule has 0 unspecified atom stereocenters. The Morgan fingerprint density at radius 1 is 1.04 bits per heavy atom. The summed E-state index contributed by atoms with van der Waals surface area (Å²) in [6.07, 6.45) is 3.95. The van der Waals surface area contributed by atoms with Crippen LogP contribution in [0.3, 0.4) is 0 Å². The number of nitrogens with zero attached hydrogens (tertiary/aromatic N) is 2. The molecule has 13 heteroatoms. The topological polar surface area (TPSA) is 108 Å². The maximum atomic E-state index is 14.0. The molecule has 2 amide bonds. The molecule has 1 aliphatic carbocycles. The Hall–Kier alpha value is -3.39. The van der Waals surface area contributed by atoms with Crippen LogP contribution in [0.4, 0.5) is 8.78 Å². The number of carbonyl (C=O) groups excluding carboxylic acids is 2. The molecule has 45 heavy (non-hydrogen) atoms. The van der Waals surface area contributed by atoms with Crippen molar-refractivity contribution in [1.82, 2.24) is 15.1 Å². The molecule has 240 valence electrons. The zero-order chi connectivity index (χ0) is 31.9. The molecule has 0 radical (unpaired) electrons. The summed E-state index contributed by atoms with van der Waals surface area (Å²) in [6.45, 7) is 4.14. The number of thiocarbonyl (C=S) groups is 1. The standard InChI is InChI=1S/C32H35F2N3O6S2/c33-24-16-22(17-25(34)19-24)21-3-6-27(43-14-11-36-9-12-42-13-10-36)23(15-21)18-28-30(39)37(32(44)45-28)8-7-29(38)35-26-4-1-20(2-5-26)31(40)41/h3,6,15-20,26H,1-2,4-5,7-14H2,(H,35,38)(H,40,41). The first-order chi connectivity index (χ1) is 21.7. The summed E-state index contributed by atoms with van der Waals surface area (Å²) in [6, 6.07) is 8.36. The van der Waals surface area contributed by atoms with Crippen molar-refractivity contribution in [3.63, 3.8) is 0 Å². The van der Waals surface area contributed by atoms with Gasteiger partial charge in [-0.2, -0.15) is 0 Å². The van der Waals surface area contributed by atoms with Gasteiger partial charge in [-0.3, -0.25) is 24.2 Å². The summed E-state index contributed by atoms with van der Waals surface area (Å²) in [4.78, 5) is 41.2. The van der Waals surface area contributed by atoms with Crippen LogP contribution < -0.4 is 10.1 Å². The first kappa shape index (κ1) is 33.0. The van der Waals surface area contributed by atoms with Crippen LogP contribution in [-0.2, 0) is 19.1 Å². The van der Waals surface area contributed by atoms with E-state index in [9.17, 15) is 28.3 Å². The quantitative estimate of drug-likeness (QED) is 0.262. The summed E-state index contributed by atoms with van der Waals surface area (Å²) in [5, 5.41) is 12.1. The number of rotatable bonds is 11. The third kappa shape index (κ3) is 8.87. The highest BCUT2D eigenvalue weighted by atomic mass is 32.2. The van der Waals surface area contributed by atoms with Gasteiger partial charge in [0.2, 0.25) is 5.91 Å². The molecule has 3 aliphatic rings. The predicted octanol–water partition coefficient (Wildman–Crippen LogP) is 4.69. The van der Waals surface area contributed by atoms with Crippen LogP contribution in [0.25, 0.3) is 17.2 Å². The van der Waals surface area contributed by atoms with E-state index < -0.39 is 17.6 Å². The molecule has 0 atom stereocenters. The van der Waals surface area contributed by atoms with Crippen molar-refractivity contribution in [3.05, 3.63) is 58.5 Å².